The fraction of sp³-hybridized carbons (Fsp3) is 0.462. The standard InChI is InChI=1S/C26H34N8O2S/c1-7-11-27-21-19-18(15-9-10-16-17(13-15)36-14-35-16)20-22(28-12-8-2)30-26(34(5)6)32-24(20)37-23(19)31-25(29-21)33(3)4/h9-10,13,18H,7-8,11-12,14H2,1-6H3,(H,27,29,31)(H,28,30,32). The molecule has 0 fully saturated rings. The van der Waals surface area contributed by atoms with E-state index in [2.05, 4.69) is 36.6 Å². The molecule has 2 aliphatic heterocycles. The maximum atomic E-state index is 5.76. The Hall–Kier alpha value is -3.47. The first-order valence-electron chi connectivity index (χ1n) is 12.6. The zero-order valence-corrected chi connectivity index (χ0v) is 23.1. The van der Waals surface area contributed by atoms with E-state index >= 15 is 0 Å². The van der Waals surface area contributed by atoms with Gasteiger partial charge >= 0.3 is 0 Å². The van der Waals surface area contributed by atoms with Crippen LogP contribution < -0.4 is 29.9 Å². The molecule has 3 aromatic rings. The molecule has 0 spiro atoms. The van der Waals surface area contributed by atoms with Gasteiger partial charge in [0, 0.05) is 58.3 Å². The van der Waals surface area contributed by atoms with Gasteiger partial charge in [-0.15, -0.1) is 0 Å². The van der Waals surface area contributed by atoms with E-state index in [4.69, 9.17) is 29.4 Å². The van der Waals surface area contributed by atoms with Crippen molar-refractivity contribution in [2.24, 2.45) is 0 Å². The number of hydrogen-bond donors (Lipinski definition) is 2. The predicted octanol–water partition coefficient (Wildman–Crippen LogP) is 4.42. The number of nitrogens with one attached hydrogen (secondary N) is 2. The van der Waals surface area contributed by atoms with Gasteiger partial charge in [0.1, 0.15) is 21.7 Å². The lowest BCUT2D eigenvalue weighted by Gasteiger charge is -2.31. The third-order valence-electron chi connectivity index (χ3n) is 6.18. The number of aromatic nitrogens is 4. The van der Waals surface area contributed by atoms with Crippen molar-refractivity contribution in [2.45, 2.75) is 42.7 Å². The summed E-state index contributed by atoms with van der Waals surface area (Å²) in [5.41, 5.74) is 3.10. The van der Waals surface area contributed by atoms with E-state index in [1.807, 2.05) is 44.1 Å². The van der Waals surface area contributed by atoms with Gasteiger partial charge in [-0.3, -0.25) is 0 Å². The molecule has 37 heavy (non-hydrogen) atoms. The maximum absolute atomic E-state index is 5.76. The van der Waals surface area contributed by atoms with Crippen LogP contribution in [0.15, 0.2) is 28.3 Å². The highest BCUT2D eigenvalue weighted by molar-refractivity contribution is 7.99. The summed E-state index contributed by atoms with van der Waals surface area (Å²) in [5, 5.41) is 8.93. The molecule has 2 N–H and O–H groups in total. The average molecular weight is 523 g/mol. The predicted molar refractivity (Wildman–Crippen MR) is 148 cm³/mol. The smallest absolute Gasteiger partial charge is 0.231 e. The van der Waals surface area contributed by atoms with Gasteiger partial charge in [-0.1, -0.05) is 19.9 Å². The fourth-order valence-corrected chi connectivity index (χ4v) is 5.46. The van der Waals surface area contributed by atoms with E-state index in [1.54, 1.807) is 11.8 Å². The van der Waals surface area contributed by atoms with Crippen LogP contribution in [0.2, 0.25) is 0 Å². The van der Waals surface area contributed by atoms with Crippen LogP contribution in [-0.2, 0) is 0 Å². The molecule has 10 nitrogen and oxygen atoms in total. The lowest BCUT2D eigenvalue weighted by molar-refractivity contribution is 0.174. The summed E-state index contributed by atoms with van der Waals surface area (Å²) >= 11 is 1.57. The van der Waals surface area contributed by atoms with Crippen molar-refractivity contribution in [3.63, 3.8) is 0 Å². The Kier molecular flexibility index (Phi) is 7.14. The van der Waals surface area contributed by atoms with Crippen molar-refractivity contribution in [2.75, 3.05) is 68.5 Å². The van der Waals surface area contributed by atoms with Gasteiger partial charge in [-0.2, -0.15) is 9.97 Å². The molecule has 2 aliphatic rings. The first kappa shape index (κ1) is 25.2. The van der Waals surface area contributed by atoms with Gasteiger partial charge < -0.3 is 29.9 Å². The Balaban J connectivity index is 1.78. The second kappa shape index (κ2) is 10.5. The van der Waals surface area contributed by atoms with Crippen LogP contribution in [0.25, 0.3) is 0 Å². The zero-order valence-electron chi connectivity index (χ0n) is 22.3. The molecule has 0 amide bonds. The molecule has 0 bridgehead atoms. The van der Waals surface area contributed by atoms with E-state index in [9.17, 15) is 0 Å². The Morgan fingerprint density at radius 2 is 1.35 bits per heavy atom. The number of ether oxygens (including phenoxy) is 2. The largest absolute Gasteiger partial charge is 0.454 e. The Morgan fingerprint density at radius 1 is 0.811 bits per heavy atom. The topological polar surface area (TPSA) is 101 Å². The lowest BCUT2D eigenvalue weighted by Crippen LogP contribution is -2.23. The number of nitrogens with zero attached hydrogens (tertiary/aromatic N) is 6. The molecular formula is C26H34N8O2S. The number of benzene rings is 1. The number of fused-ring (bicyclic) bond motifs is 3. The average Bonchev–Trinajstić information content (AvgIpc) is 3.36. The molecule has 2 aromatic heterocycles. The summed E-state index contributed by atoms with van der Waals surface area (Å²) in [4.78, 5) is 23.7. The van der Waals surface area contributed by atoms with Crippen molar-refractivity contribution in [1.82, 2.24) is 19.9 Å². The SMILES string of the molecule is CCCNc1nc(N(C)C)nc2c1C(c1ccc3c(c1)OCO3)c1c(NCCC)nc(N(C)C)nc1S2. The molecule has 0 atom stereocenters. The van der Waals surface area contributed by atoms with Gasteiger partial charge in [0.2, 0.25) is 18.7 Å². The van der Waals surface area contributed by atoms with Crippen LogP contribution in [0.1, 0.15) is 49.3 Å². The minimum Gasteiger partial charge on any atom is -0.454 e. The minimum absolute atomic E-state index is 0.202. The summed E-state index contributed by atoms with van der Waals surface area (Å²) in [7, 11) is 7.84. The van der Waals surface area contributed by atoms with Crippen molar-refractivity contribution >= 4 is 35.3 Å². The first-order chi connectivity index (χ1) is 17.9. The lowest BCUT2D eigenvalue weighted by atomic mass is 9.86. The fourth-order valence-electron chi connectivity index (χ4n) is 4.37. The highest BCUT2D eigenvalue weighted by Crippen LogP contribution is 2.53. The Morgan fingerprint density at radius 3 is 1.86 bits per heavy atom. The van der Waals surface area contributed by atoms with Crippen LogP contribution in [0, 0.1) is 0 Å². The van der Waals surface area contributed by atoms with E-state index in [-0.39, 0.29) is 12.7 Å². The zero-order chi connectivity index (χ0) is 26.1. The maximum Gasteiger partial charge on any atom is 0.231 e. The minimum atomic E-state index is -0.202. The summed E-state index contributed by atoms with van der Waals surface area (Å²) < 4.78 is 11.4. The highest BCUT2D eigenvalue weighted by atomic mass is 32.2. The summed E-state index contributed by atoms with van der Waals surface area (Å²) in [6, 6.07) is 6.12. The first-order valence-corrected chi connectivity index (χ1v) is 13.5. The molecule has 0 saturated heterocycles. The summed E-state index contributed by atoms with van der Waals surface area (Å²) in [6.45, 7) is 6.13. The monoisotopic (exact) mass is 522 g/mol. The normalized spacial score (nSPS) is 13.7. The van der Waals surface area contributed by atoms with Crippen molar-refractivity contribution in [3.05, 3.63) is 34.9 Å². The highest BCUT2D eigenvalue weighted by Gasteiger charge is 2.37. The van der Waals surface area contributed by atoms with Gasteiger partial charge in [0.25, 0.3) is 0 Å². The van der Waals surface area contributed by atoms with Crippen molar-refractivity contribution < 1.29 is 9.47 Å². The van der Waals surface area contributed by atoms with E-state index in [0.29, 0.717) is 11.9 Å². The van der Waals surface area contributed by atoms with Crippen LogP contribution in [0.5, 0.6) is 11.5 Å². The van der Waals surface area contributed by atoms with Gasteiger partial charge in [-0.05, 0) is 42.3 Å². The Labute approximate surface area is 222 Å². The third kappa shape index (κ3) is 4.79. The molecule has 196 valence electrons. The van der Waals surface area contributed by atoms with E-state index < -0.39 is 0 Å². The molecule has 0 saturated carbocycles. The van der Waals surface area contributed by atoms with Crippen molar-refractivity contribution in [3.8, 4) is 11.5 Å². The quantitative estimate of drug-likeness (QED) is 0.306. The third-order valence-corrected chi connectivity index (χ3v) is 7.19. The molecule has 0 unspecified atom stereocenters. The molecular weight excluding hydrogens is 488 g/mol. The van der Waals surface area contributed by atoms with Gasteiger partial charge in [0.05, 0.1) is 0 Å². The molecule has 5 rings (SSSR count). The molecule has 0 aliphatic carbocycles. The van der Waals surface area contributed by atoms with Crippen LogP contribution in [0.4, 0.5) is 23.5 Å². The molecule has 0 radical (unpaired) electrons. The van der Waals surface area contributed by atoms with E-state index in [0.717, 1.165) is 75.8 Å². The van der Waals surface area contributed by atoms with Gasteiger partial charge in [0.15, 0.2) is 11.5 Å². The molecule has 1 aromatic carbocycles. The van der Waals surface area contributed by atoms with Crippen molar-refractivity contribution in [1.29, 1.82) is 0 Å². The second-order valence-corrected chi connectivity index (χ2v) is 10.4. The van der Waals surface area contributed by atoms with Crippen LogP contribution >= 0.6 is 11.8 Å². The Bertz CT molecular complexity index is 1230. The number of rotatable bonds is 9. The van der Waals surface area contributed by atoms with Gasteiger partial charge in [-0.25, -0.2) is 9.97 Å². The second-order valence-electron chi connectivity index (χ2n) is 9.47. The summed E-state index contributed by atoms with van der Waals surface area (Å²) in [5.74, 6) is 4.26. The van der Waals surface area contributed by atoms with Crippen LogP contribution in [0.3, 0.4) is 0 Å². The molecule has 11 heteroatoms. The summed E-state index contributed by atoms with van der Waals surface area (Å²) in [6.07, 6.45) is 1.96. The number of anilines is 4. The number of hydrogen-bond acceptors (Lipinski definition) is 11. The molecule has 4 heterocycles. The van der Waals surface area contributed by atoms with E-state index in [1.165, 1.54) is 0 Å². The van der Waals surface area contributed by atoms with Crippen LogP contribution in [-0.4, -0.2) is 68.0 Å².